The molecule has 0 bridgehead atoms. The predicted molar refractivity (Wildman–Crippen MR) is 105 cm³/mol. The van der Waals surface area contributed by atoms with Crippen molar-refractivity contribution in [2.75, 3.05) is 5.32 Å². The van der Waals surface area contributed by atoms with Crippen LogP contribution in [-0.2, 0) is 11.3 Å². The van der Waals surface area contributed by atoms with Crippen molar-refractivity contribution in [3.8, 4) is 5.69 Å². The highest BCUT2D eigenvalue weighted by Crippen LogP contribution is 2.15. The van der Waals surface area contributed by atoms with Crippen molar-refractivity contribution in [3.63, 3.8) is 0 Å². The Bertz CT molecular complexity index is 1150. The highest BCUT2D eigenvalue weighted by atomic mass is 16.1. The van der Waals surface area contributed by atoms with Crippen LogP contribution in [-0.4, -0.2) is 20.3 Å². The number of carbonyl (C=O) groups is 1. The van der Waals surface area contributed by atoms with Gasteiger partial charge in [0.15, 0.2) is 0 Å². The van der Waals surface area contributed by atoms with Gasteiger partial charge in [0.1, 0.15) is 0 Å². The fourth-order valence-corrected chi connectivity index (χ4v) is 3.02. The zero-order valence-corrected chi connectivity index (χ0v) is 14.6. The van der Waals surface area contributed by atoms with Crippen LogP contribution < -0.4 is 10.7 Å². The molecule has 0 saturated carbocycles. The van der Waals surface area contributed by atoms with Gasteiger partial charge in [0.2, 0.25) is 11.3 Å². The SMILES string of the molecule is O=C(CCn1ncc(=O)c2ccccc21)Nc1cccc(-n2cccc2)c1. The zero-order chi connectivity index (χ0) is 18.6. The second-order valence-electron chi connectivity index (χ2n) is 6.19. The third kappa shape index (κ3) is 3.64. The molecule has 0 saturated heterocycles. The molecule has 2 aromatic heterocycles. The maximum Gasteiger partial charge on any atom is 0.226 e. The smallest absolute Gasteiger partial charge is 0.226 e. The van der Waals surface area contributed by atoms with Crippen LogP contribution in [0.5, 0.6) is 0 Å². The average molecular weight is 358 g/mol. The lowest BCUT2D eigenvalue weighted by Gasteiger charge is -2.10. The number of nitrogens with one attached hydrogen (secondary N) is 1. The molecule has 0 atom stereocenters. The number of rotatable bonds is 5. The lowest BCUT2D eigenvalue weighted by atomic mass is 10.2. The minimum atomic E-state index is -0.117. The molecule has 2 aromatic carbocycles. The van der Waals surface area contributed by atoms with Crippen LogP contribution in [0, 0.1) is 0 Å². The zero-order valence-electron chi connectivity index (χ0n) is 14.6. The predicted octanol–water partition coefficient (Wildman–Crippen LogP) is 3.22. The molecule has 0 aliphatic heterocycles. The molecule has 6 heteroatoms. The Morgan fingerprint density at radius 2 is 1.81 bits per heavy atom. The first kappa shape index (κ1) is 16.8. The highest BCUT2D eigenvalue weighted by molar-refractivity contribution is 5.91. The molecule has 27 heavy (non-hydrogen) atoms. The van der Waals surface area contributed by atoms with Crippen LogP contribution in [0.1, 0.15) is 6.42 Å². The van der Waals surface area contributed by atoms with E-state index in [1.165, 1.54) is 6.20 Å². The second-order valence-corrected chi connectivity index (χ2v) is 6.19. The van der Waals surface area contributed by atoms with E-state index in [9.17, 15) is 9.59 Å². The molecule has 0 radical (unpaired) electrons. The molecular formula is C21H18N4O2. The van der Waals surface area contributed by atoms with Gasteiger partial charge in [0, 0.05) is 35.6 Å². The highest BCUT2D eigenvalue weighted by Gasteiger charge is 2.07. The summed E-state index contributed by atoms with van der Waals surface area (Å²) >= 11 is 0. The first-order valence-corrected chi connectivity index (χ1v) is 8.69. The van der Waals surface area contributed by atoms with E-state index in [1.54, 1.807) is 10.7 Å². The number of carbonyl (C=O) groups excluding carboxylic acids is 1. The summed E-state index contributed by atoms with van der Waals surface area (Å²) in [6.07, 6.45) is 5.45. The Balaban J connectivity index is 1.46. The van der Waals surface area contributed by atoms with Crippen LogP contribution in [0.25, 0.3) is 16.6 Å². The maximum atomic E-state index is 12.4. The van der Waals surface area contributed by atoms with Crippen molar-refractivity contribution >= 4 is 22.5 Å². The summed E-state index contributed by atoms with van der Waals surface area (Å²) in [7, 11) is 0. The van der Waals surface area contributed by atoms with Gasteiger partial charge in [0.25, 0.3) is 0 Å². The number of aryl methyl sites for hydroxylation is 1. The fraction of sp³-hybridized carbons (Fsp3) is 0.0952. The van der Waals surface area contributed by atoms with E-state index in [1.807, 2.05) is 71.6 Å². The Labute approximate surface area is 155 Å². The summed E-state index contributed by atoms with van der Waals surface area (Å²) in [4.78, 5) is 24.2. The number of amides is 1. The van der Waals surface area contributed by atoms with E-state index in [0.717, 1.165) is 16.9 Å². The third-order valence-electron chi connectivity index (χ3n) is 4.35. The van der Waals surface area contributed by atoms with Crippen LogP contribution >= 0.6 is 0 Å². The van der Waals surface area contributed by atoms with Gasteiger partial charge in [-0.1, -0.05) is 18.2 Å². The van der Waals surface area contributed by atoms with Crippen LogP contribution in [0.15, 0.2) is 84.0 Å². The molecule has 0 aliphatic rings. The topological polar surface area (TPSA) is 68.9 Å². The summed E-state index contributed by atoms with van der Waals surface area (Å²) in [5.74, 6) is -0.107. The van der Waals surface area contributed by atoms with E-state index >= 15 is 0 Å². The van der Waals surface area contributed by atoms with Gasteiger partial charge in [-0.15, -0.1) is 0 Å². The molecule has 1 amide bonds. The monoisotopic (exact) mass is 358 g/mol. The first-order valence-electron chi connectivity index (χ1n) is 8.69. The molecule has 1 N–H and O–H groups in total. The quantitative estimate of drug-likeness (QED) is 0.596. The molecule has 0 spiro atoms. The first-order chi connectivity index (χ1) is 13.2. The van der Waals surface area contributed by atoms with Crippen molar-refractivity contribution < 1.29 is 4.79 Å². The lowest BCUT2D eigenvalue weighted by molar-refractivity contribution is -0.116. The van der Waals surface area contributed by atoms with Gasteiger partial charge in [-0.3, -0.25) is 14.3 Å². The minimum Gasteiger partial charge on any atom is -0.326 e. The van der Waals surface area contributed by atoms with Crippen LogP contribution in [0.4, 0.5) is 5.69 Å². The molecule has 2 heterocycles. The maximum absolute atomic E-state index is 12.4. The number of benzene rings is 2. The van der Waals surface area contributed by atoms with Gasteiger partial charge in [-0.2, -0.15) is 5.10 Å². The van der Waals surface area contributed by atoms with E-state index in [0.29, 0.717) is 11.9 Å². The number of nitrogens with zero attached hydrogens (tertiary/aromatic N) is 3. The molecule has 0 unspecified atom stereocenters. The molecule has 0 aliphatic carbocycles. The summed E-state index contributed by atoms with van der Waals surface area (Å²) in [5.41, 5.74) is 2.33. The summed E-state index contributed by atoms with van der Waals surface area (Å²) in [6, 6.07) is 18.8. The molecule has 6 nitrogen and oxygen atoms in total. The third-order valence-corrected chi connectivity index (χ3v) is 4.35. The van der Waals surface area contributed by atoms with Crippen molar-refractivity contribution in [1.29, 1.82) is 0 Å². The van der Waals surface area contributed by atoms with Gasteiger partial charge in [-0.25, -0.2) is 0 Å². The van der Waals surface area contributed by atoms with Crippen molar-refractivity contribution in [2.45, 2.75) is 13.0 Å². The van der Waals surface area contributed by atoms with Gasteiger partial charge < -0.3 is 9.88 Å². The number of para-hydroxylation sites is 1. The Hall–Kier alpha value is -3.67. The summed E-state index contributed by atoms with van der Waals surface area (Å²) in [5, 5.41) is 7.68. The van der Waals surface area contributed by atoms with E-state index < -0.39 is 0 Å². The van der Waals surface area contributed by atoms with Crippen LogP contribution in [0.2, 0.25) is 0 Å². The Kier molecular flexibility index (Phi) is 4.53. The Morgan fingerprint density at radius 1 is 1.00 bits per heavy atom. The normalized spacial score (nSPS) is 10.8. The van der Waals surface area contributed by atoms with Crippen molar-refractivity contribution in [3.05, 3.63) is 89.5 Å². The molecule has 4 aromatic rings. The fourth-order valence-electron chi connectivity index (χ4n) is 3.02. The van der Waals surface area contributed by atoms with Gasteiger partial charge in [-0.05, 0) is 42.5 Å². The summed E-state index contributed by atoms with van der Waals surface area (Å²) < 4.78 is 3.67. The minimum absolute atomic E-state index is 0.107. The van der Waals surface area contributed by atoms with E-state index in [4.69, 9.17) is 0 Å². The summed E-state index contributed by atoms with van der Waals surface area (Å²) in [6.45, 7) is 0.393. The molecule has 134 valence electrons. The van der Waals surface area contributed by atoms with Crippen molar-refractivity contribution in [1.82, 2.24) is 14.3 Å². The molecule has 4 rings (SSSR count). The Morgan fingerprint density at radius 3 is 2.67 bits per heavy atom. The van der Waals surface area contributed by atoms with Gasteiger partial charge in [0.05, 0.1) is 18.3 Å². The number of anilines is 1. The van der Waals surface area contributed by atoms with E-state index in [2.05, 4.69) is 10.4 Å². The van der Waals surface area contributed by atoms with Crippen molar-refractivity contribution in [2.24, 2.45) is 0 Å². The second kappa shape index (κ2) is 7.29. The lowest BCUT2D eigenvalue weighted by Crippen LogP contribution is -2.18. The van der Waals surface area contributed by atoms with Crippen LogP contribution in [0.3, 0.4) is 0 Å². The average Bonchev–Trinajstić information content (AvgIpc) is 3.23. The molecule has 0 fully saturated rings. The number of hydrogen-bond donors (Lipinski definition) is 1. The standard InChI is InChI=1S/C21H18N4O2/c26-20-15-22-25(19-9-2-1-8-18(19)20)13-10-21(27)23-16-6-5-7-17(14-16)24-11-3-4-12-24/h1-9,11-12,14-15H,10,13H2,(H,23,27). The molecular weight excluding hydrogens is 340 g/mol. The largest absolute Gasteiger partial charge is 0.326 e. The van der Waals surface area contributed by atoms with E-state index in [-0.39, 0.29) is 17.8 Å². The number of hydrogen-bond acceptors (Lipinski definition) is 3. The number of fused-ring (bicyclic) bond motifs is 1. The van der Waals surface area contributed by atoms with Gasteiger partial charge >= 0.3 is 0 Å². The number of aromatic nitrogens is 3.